The summed E-state index contributed by atoms with van der Waals surface area (Å²) in [4.78, 5) is 12.2. The van der Waals surface area contributed by atoms with E-state index in [-0.39, 0.29) is 0 Å². The number of carbonyl (C=O) groups excluding carboxylic acids is 1. The fraction of sp³-hybridized carbons (Fsp3) is 0.500. The number of carbonyl (C=O) groups is 1. The lowest BCUT2D eigenvalue weighted by molar-refractivity contribution is -0.128. The van der Waals surface area contributed by atoms with E-state index in [2.05, 4.69) is 6.92 Å². The van der Waals surface area contributed by atoms with Crippen molar-refractivity contribution in [2.45, 2.75) is 42.8 Å². The summed E-state index contributed by atoms with van der Waals surface area (Å²) in [5.74, 6) is 0.0650. The van der Waals surface area contributed by atoms with Crippen molar-refractivity contribution in [2.24, 2.45) is 0 Å². The molecule has 0 unspecified atom stereocenters. The van der Waals surface area contributed by atoms with Gasteiger partial charge in [-0.05, 0) is 30.7 Å². The SMILES string of the molecule is CCCCC[C@@H](C(=O)NO)[S@](=O)c1ccc(OC)cc1. The van der Waals surface area contributed by atoms with Gasteiger partial charge in [0.2, 0.25) is 0 Å². The van der Waals surface area contributed by atoms with Gasteiger partial charge in [-0.3, -0.25) is 14.2 Å². The summed E-state index contributed by atoms with van der Waals surface area (Å²) in [7, 11) is 0.0618. The number of ether oxygens (including phenoxy) is 1. The Bertz CT molecular complexity index is 447. The first-order valence-electron chi connectivity index (χ1n) is 6.62. The van der Waals surface area contributed by atoms with Crippen molar-refractivity contribution in [3.63, 3.8) is 0 Å². The number of unbranched alkanes of at least 4 members (excludes halogenated alkanes) is 2. The van der Waals surface area contributed by atoms with Crippen LogP contribution >= 0.6 is 0 Å². The number of rotatable bonds is 8. The Balaban J connectivity index is 2.82. The van der Waals surface area contributed by atoms with E-state index >= 15 is 0 Å². The van der Waals surface area contributed by atoms with Crippen LogP contribution in [0.5, 0.6) is 5.75 Å². The molecule has 1 aromatic rings. The van der Waals surface area contributed by atoms with Gasteiger partial charge in [0.15, 0.2) is 0 Å². The average Bonchev–Trinajstić information content (AvgIpc) is 2.50. The monoisotopic (exact) mass is 299 g/mol. The lowest BCUT2D eigenvalue weighted by Crippen LogP contribution is -2.35. The maximum Gasteiger partial charge on any atom is 0.259 e. The van der Waals surface area contributed by atoms with Crippen molar-refractivity contribution >= 4 is 16.7 Å². The fourth-order valence-electron chi connectivity index (χ4n) is 1.86. The normalized spacial score (nSPS) is 13.6. The van der Waals surface area contributed by atoms with Crippen molar-refractivity contribution in [3.05, 3.63) is 24.3 Å². The molecule has 0 aromatic heterocycles. The molecular weight excluding hydrogens is 278 g/mol. The molecule has 5 nitrogen and oxygen atoms in total. The van der Waals surface area contributed by atoms with Crippen LogP contribution in [0.15, 0.2) is 29.2 Å². The lowest BCUT2D eigenvalue weighted by atomic mass is 10.1. The minimum absolute atomic E-state index is 0.485. The van der Waals surface area contributed by atoms with Gasteiger partial charge < -0.3 is 4.74 Å². The second-order valence-electron chi connectivity index (χ2n) is 4.43. The van der Waals surface area contributed by atoms with Crippen molar-refractivity contribution < 1.29 is 18.9 Å². The number of hydrogen-bond donors (Lipinski definition) is 2. The number of hydroxylamine groups is 1. The van der Waals surface area contributed by atoms with Gasteiger partial charge in [0.05, 0.1) is 17.9 Å². The van der Waals surface area contributed by atoms with Gasteiger partial charge in [-0.2, -0.15) is 0 Å². The summed E-state index contributed by atoms with van der Waals surface area (Å²) in [6, 6.07) is 6.75. The molecule has 2 atom stereocenters. The Morgan fingerprint density at radius 2 is 2.00 bits per heavy atom. The van der Waals surface area contributed by atoms with Crippen LogP contribution in [-0.2, 0) is 15.6 Å². The fourth-order valence-corrected chi connectivity index (χ4v) is 3.22. The second kappa shape index (κ2) is 8.71. The number of benzene rings is 1. The molecule has 0 heterocycles. The molecule has 1 aromatic carbocycles. The third-order valence-electron chi connectivity index (χ3n) is 3.02. The summed E-state index contributed by atoms with van der Waals surface area (Å²) in [5, 5.41) is 8.05. The Labute approximate surface area is 121 Å². The highest BCUT2D eigenvalue weighted by atomic mass is 32.2. The van der Waals surface area contributed by atoms with Crippen LogP contribution in [0, 0.1) is 0 Å². The lowest BCUT2D eigenvalue weighted by Gasteiger charge is -2.14. The highest BCUT2D eigenvalue weighted by Gasteiger charge is 2.25. The summed E-state index contributed by atoms with van der Waals surface area (Å²) in [6.07, 6.45) is 3.27. The van der Waals surface area contributed by atoms with Gasteiger partial charge in [-0.1, -0.05) is 26.2 Å². The largest absolute Gasteiger partial charge is 0.497 e. The van der Waals surface area contributed by atoms with Crippen LogP contribution in [0.3, 0.4) is 0 Å². The van der Waals surface area contributed by atoms with Crippen molar-refractivity contribution in [1.82, 2.24) is 5.48 Å². The molecule has 0 saturated carbocycles. The van der Waals surface area contributed by atoms with E-state index in [1.165, 1.54) is 0 Å². The van der Waals surface area contributed by atoms with Gasteiger partial charge in [-0.15, -0.1) is 0 Å². The predicted octanol–water partition coefficient (Wildman–Crippen LogP) is 2.26. The number of amides is 1. The number of nitrogens with one attached hydrogen (secondary N) is 1. The van der Waals surface area contributed by atoms with E-state index in [4.69, 9.17) is 9.94 Å². The van der Waals surface area contributed by atoms with Gasteiger partial charge in [0, 0.05) is 4.90 Å². The first kappa shape index (κ1) is 16.7. The van der Waals surface area contributed by atoms with Crippen LogP contribution in [-0.4, -0.2) is 27.7 Å². The van der Waals surface area contributed by atoms with E-state index in [0.717, 1.165) is 19.3 Å². The van der Waals surface area contributed by atoms with Crippen LogP contribution in [0.1, 0.15) is 32.6 Å². The molecule has 0 fully saturated rings. The molecule has 0 bridgehead atoms. The van der Waals surface area contributed by atoms with Crippen molar-refractivity contribution in [2.75, 3.05) is 7.11 Å². The summed E-state index contributed by atoms with van der Waals surface area (Å²) >= 11 is 0. The van der Waals surface area contributed by atoms with E-state index in [1.807, 2.05) is 0 Å². The average molecular weight is 299 g/mol. The van der Waals surface area contributed by atoms with E-state index in [1.54, 1.807) is 36.9 Å². The van der Waals surface area contributed by atoms with Crippen molar-refractivity contribution in [3.8, 4) is 5.75 Å². The van der Waals surface area contributed by atoms with E-state index in [9.17, 15) is 9.00 Å². The zero-order valence-electron chi connectivity index (χ0n) is 11.8. The maximum atomic E-state index is 12.4. The molecule has 20 heavy (non-hydrogen) atoms. The summed E-state index contributed by atoms with van der Waals surface area (Å²) in [6.45, 7) is 2.06. The molecule has 2 N–H and O–H groups in total. The molecule has 0 radical (unpaired) electrons. The molecule has 0 aliphatic heterocycles. The Kier molecular flexibility index (Phi) is 7.25. The molecule has 0 spiro atoms. The standard InChI is InChI=1S/C14H21NO4S/c1-3-4-5-6-13(14(16)15-17)20(18)12-9-7-11(19-2)8-10-12/h7-10,13,17H,3-6H2,1-2H3,(H,15,16)/t13-,20+/m0/s1. The first-order valence-corrected chi connectivity index (χ1v) is 7.83. The van der Waals surface area contributed by atoms with Crippen LogP contribution in [0.2, 0.25) is 0 Å². The second-order valence-corrected chi connectivity index (χ2v) is 6.07. The van der Waals surface area contributed by atoms with E-state index < -0.39 is 22.0 Å². The van der Waals surface area contributed by atoms with Crippen LogP contribution in [0.4, 0.5) is 0 Å². The first-order chi connectivity index (χ1) is 9.63. The van der Waals surface area contributed by atoms with Gasteiger partial charge in [0.1, 0.15) is 11.0 Å². The minimum Gasteiger partial charge on any atom is -0.497 e. The quantitative estimate of drug-likeness (QED) is 0.438. The number of hydrogen-bond acceptors (Lipinski definition) is 4. The molecule has 112 valence electrons. The zero-order chi connectivity index (χ0) is 15.0. The topological polar surface area (TPSA) is 75.6 Å². The molecule has 1 rings (SSSR count). The summed E-state index contributed by atoms with van der Waals surface area (Å²) < 4.78 is 17.5. The van der Waals surface area contributed by atoms with E-state index in [0.29, 0.717) is 17.1 Å². The zero-order valence-corrected chi connectivity index (χ0v) is 12.6. The molecule has 1 amide bonds. The Morgan fingerprint density at radius 1 is 1.35 bits per heavy atom. The van der Waals surface area contributed by atoms with Gasteiger partial charge >= 0.3 is 0 Å². The molecule has 0 aliphatic carbocycles. The Hall–Kier alpha value is -1.40. The molecule has 0 saturated heterocycles. The Morgan fingerprint density at radius 3 is 2.50 bits per heavy atom. The minimum atomic E-state index is -1.49. The molecule has 0 aliphatic rings. The number of methoxy groups -OCH3 is 1. The maximum absolute atomic E-state index is 12.4. The predicted molar refractivity (Wildman–Crippen MR) is 77.3 cm³/mol. The van der Waals surface area contributed by atoms with Crippen LogP contribution < -0.4 is 10.2 Å². The van der Waals surface area contributed by atoms with Gasteiger partial charge in [-0.25, -0.2) is 5.48 Å². The molecule has 6 heteroatoms. The summed E-state index contributed by atoms with van der Waals surface area (Å²) in [5.41, 5.74) is 1.61. The third-order valence-corrected chi connectivity index (χ3v) is 4.73. The molecular formula is C14H21NO4S. The van der Waals surface area contributed by atoms with Crippen LogP contribution in [0.25, 0.3) is 0 Å². The smallest absolute Gasteiger partial charge is 0.259 e. The van der Waals surface area contributed by atoms with Gasteiger partial charge in [0.25, 0.3) is 5.91 Å². The van der Waals surface area contributed by atoms with Crippen molar-refractivity contribution in [1.29, 1.82) is 0 Å². The third kappa shape index (κ3) is 4.61. The highest BCUT2D eigenvalue weighted by Crippen LogP contribution is 2.19. The highest BCUT2D eigenvalue weighted by molar-refractivity contribution is 7.86.